The lowest BCUT2D eigenvalue weighted by molar-refractivity contribution is -0.123. The van der Waals surface area contributed by atoms with Gasteiger partial charge < -0.3 is 4.90 Å². The van der Waals surface area contributed by atoms with Crippen LogP contribution in [0.25, 0.3) is 0 Å². The van der Waals surface area contributed by atoms with Crippen molar-refractivity contribution in [1.82, 2.24) is 4.31 Å². The van der Waals surface area contributed by atoms with Crippen molar-refractivity contribution in [2.45, 2.75) is 51.3 Å². The van der Waals surface area contributed by atoms with E-state index in [0.29, 0.717) is 30.8 Å². The molecule has 2 aromatic rings. The molecule has 0 aromatic heterocycles. The average molecular weight is 427 g/mol. The van der Waals surface area contributed by atoms with Crippen LogP contribution in [0.15, 0.2) is 41.3 Å². The molecule has 6 heteroatoms. The Morgan fingerprint density at radius 1 is 0.933 bits per heavy atom. The maximum Gasteiger partial charge on any atom is 0.243 e. The molecule has 0 spiro atoms. The van der Waals surface area contributed by atoms with Gasteiger partial charge in [0.1, 0.15) is 0 Å². The molecule has 1 amide bonds. The molecule has 0 saturated carbocycles. The molecular weight excluding hydrogens is 396 g/mol. The molecular formula is C24H30N2O3S. The lowest BCUT2D eigenvalue weighted by Crippen LogP contribution is -2.45. The van der Waals surface area contributed by atoms with Crippen LogP contribution in [0.1, 0.15) is 41.5 Å². The van der Waals surface area contributed by atoms with Crippen LogP contribution in [0.3, 0.4) is 0 Å². The van der Waals surface area contributed by atoms with E-state index in [4.69, 9.17) is 0 Å². The van der Waals surface area contributed by atoms with Crippen molar-refractivity contribution in [3.05, 3.63) is 58.7 Å². The quantitative estimate of drug-likeness (QED) is 0.746. The average Bonchev–Trinajstić information content (AvgIpc) is 2.72. The Balaban J connectivity index is 1.47. The van der Waals surface area contributed by atoms with Crippen LogP contribution >= 0.6 is 0 Å². The summed E-state index contributed by atoms with van der Waals surface area (Å²) in [5, 5.41) is 0. The van der Waals surface area contributed by atoms with Crippen molar-refractivity contribution in [3.8, 4) is 0 Å². The molecule has 4 rings (SSSR count). The zero-order valence-electron chi connectivity index (χ0n) is 18.0. The standard InChI is InChI=1S/C24H30N2O3S/c1-17-7-9-23(19(3)15-17)30(28,29)25-13-10-20(11-14-25)24(27)26-12-4-5-21-16-18(2)6-8-22(21)26/h6-9,15-16,20H,4-5,10-14H2,1-3H3. The second-order valence-corrected chi connectivity index (χ2v) is 10.6. The van der Waals surface area contributed by atoms with Gasteiger partial charge in [0.05, 0.1) is 4.90 Å². The molecule has 0 unspecified atom stereocenters. The number of carbonyl (C=O) groups is 1. The van der Waals surface area contributed by atoms with Crippen LogP contribution in [-0.4, -0.2) is 38.3 Å². The Bertz CT molecular complexity index is 1070. The number of piperidine rings is 1. The van der Waals surface area contributed by atoms with E-state index in [1.807, 2.05) is 30.9 Å². The van der Waals surface area contributed by atoms with Crippen molar-refractivity contribution in [3.63, 3.8) is 0 Å². The molecule has 2 aromatic carbocycles. The van der Waals surface area contributed by atoms with Gasteiger partial charge in [0.15, 0.2) is 0 Å². The third-order valence-corrected chi connectivity index (χ3v) is 8.43. The minimum atomic E-state index is -3.53. The van der Waals surface area contributed by atoms with E-state index in [0.717, 1.165) is 36.2 Å². The molecule has 2 aliphatic rings. The van der Waals surface area contributed by atoms with Crippen LogP contribution in [-0.2, 0) is 21.2 Å². The van der Waals surface area contributed by atoms with Crippen molar-refractivity contribution < 1.29 is 13.2 Å². The number of carbonyl (C=O) groups excluding carboxylic acids is 1. The van der Waals surface area contributed by atoms with E-state index < -0.39 is 10.0 Å². The van der Waals surface area contributed by atoms with E-state index >= 15 is 0 Å². The number of nitrogens with zero attached hydrogens (tertiary/aromatic N) is 2. The summed E-state index contributed by atoms with van der Waals surface area (Å²) in [5.41, 5.74) is 5.31. The summed E-state index contributed by atoms with van der Waals surface area (Å²) in [6.07, 6.45) is 3.12. The van der Waals surface area contributed by atoms with Crippen molar-refractivity contribution in [2.24, 2.45) is 5.92 Å². The fourth-order valence-electron chi connectivity index (χ4n) is 4.75. The van der Waals surface area contributed by atoms with Crippen LogP contribution in [0.5, 0.6) is 0 Å². The van der Waals surface area contributed by atoms with Gasteiger partial charge in [0, 0.05) is 31.2 Å². The SMILES string of the molecule is Cc1ccc(S(=O)(=O)N2CCC(C(=O)N3CCCc4cc(C)ccc43)CC2)c(C)c1. The van der Waals surface area contributed by atoms with Gasteiger partial charge in [-0.05, 0) is 69.7 Å². The van der Waals surface area contributed by atoms with E-state index in [2.05, 4.69) is 25.1 Å². The van der Waals surface area contributed by atoms with Crippen molar-refractivity contribution in [2.75, 3.05) is 24.5 Å². The molecule has 0 aliphatic carbocycles. The highest BCUT2D eigenvalue weighted by molar-refractivity contribution is 7.89. The molecule has 30 heavy (non-hydrogen) atoms. The molecule has 160 valence electrons. The molecule has 5 nitrogen and oxygen atoms in total. The summed E-state index contributed by atoms with van der Waals surface area (Å²) in [6, 6.07) is 11.7. The maximum atomic E-state index is 13.3. The summed E-state index contributed by atoms with van der Waals surface area (Å²) in [4.78, 5) is 15.6. The molecule has 0 bridgehead atoms. The molecule has 0 radical (unpaired) electrons. The first kappa shape index (κ1) is 21.1. The smallest absolute Gasteiger partial charge is 0.243 e. The van der Waals surface area contributed by atoms with Gasteiger partial charge in [-0.1, -0.05) is 35.4 Å². The monoisotopic (exact) mass is 426 g/mol. The Labute approximate surface area is 179 Å². The fraction of sp³-hybridized carbons (Fsp3) is 0.458. The van der Waals surface area contributed by atoms with Gasteiger partial charge in [-0.3, -0.25) is 4.79 Å². The number of anilines is 1. The van der Waals surface area contributed by atoms with Gasteiger partial charge in [0.25, 0.3) is 0 Å². The zero-order chi connectivity index (χ0) is 21.5. The number of rotatable bonds is 3. The number of fused-ring (bicyclic) bond motifs is 1. The van der Waals surface area contributed by atoms with Gasteiger partial charge in [0.2, 0.25) is 15.9 Å². The molecule has 1 saturated heterocycles. The predicted molar refractivity (Wildman–Crippen MR) is 119 cm³/mol. The number of hydrogen-bond donors (Lipinski definition) is 0. The second kappa shape index (κ2) is 8.16. The highest BCUT2D eigenvalue weighted by atomic mass is 32.2. The number of benzene rings is 2. The summed E-state index contributed by atoms with van der Waals surface area (Å²) in [7, 11) is -3.53. The van der Waals surface area contributed by atoms with E-state index in [1.54, 1.807) is 10.4 Å². The Morgan fingerprint density at radius 2 is 1.60 bits per heavy atom. The van der Waals surface area contributed by atoms with E-state index in [-0.39, 0.29) is 11.8 Å². The zero-order valence-corrected chi connectivity index (χ0v) is 18.8. The topological polar surface area (TPSA) is 57.7 Å². The van der Waals surface area contributed by atoms with Crippen molar-refractivity contribution in [1.29, 1.82) is 0 Å². The van der Waals surface area contributed by atoms with Gasteiger partial charge in [-0.25, -0.2) is 8.42 Å². The lowest BCUT2D eigenvalue weighted by atomic mass is 9.93. The number of aryl methyl sites for hydroxylation is 4. The highest BCUT2D eigenvalue weighted by Gasteiger charge is 2.35. The van der Waals surface area contributed by atoms with Gasteiger partial charge in [-0.15, -0.1) is 0 Å². The summed E-state index contributed by atoms with van der Waals surface area (Å²) >= 11 is 0. The fourth-order valence-corrected chi connectivity index (χ4v) is 6.42. The molecule has 0 N–H and O–H groups in total. The highest BCUT2D eigenvalue weighted by Crippen LogP contribution is 2.32. The summed E-state index contributed by atoms with van der Waals surface area (Å²) in [5.74, 6) is 0.0196. The Kier molecular flexibility index (Phi) is 5.73. The van der Waals surface area contributed by atoms with Crippen molar-refractivity contribution >= 4 is 21.6 Å². The Hall–Kier alpha value is -2.18. The van der Waals surface area contributed by atoms with E-state index in [9.17, 15) is 13.2 Å². The Morgan fingerprint density at radius 3 is 2.30 bits per heavy atom. The van der Waals surface area contributed by atoms with Crippen LogP contribution in [0.4, 0.5) is 5.69 Å². The summed E-state index contributed by atoms with van der Waals surface area (Å²) in [6.45, 7) is 7.40. The van der Waals surface area contributed by atoms with Crippen LogP contribution < -0.4 is 4.90 Å². The molecule has 2 aliphatic heterocycles. The number of hydrogen-bond acceptors (Lipinski definition) is 3. The van der Waals surface area contributed by atoms with Gasteiger partial charge in [-0.2, -0.15) is 4.31 Å². The number of amides is 1. The van der Waals surface area contributed by atoms with Crippen LogP contribution in [0, 0.1) is 26.7 Å². The maximum absolute atomic E-state index is 13.3. The third kappa shape index (κ3) is 3.91. The molecule has 2 heterocycles. The lowest BCUT2D eigenvalue weighted by Gasteiger charge is -2.36. The minimum absolute atomic E-state index is 0.122. The number of sulfonamides is 1. The molecule has 1 fully saturated rings. The second-order valence-electron chi connectivity index (χ2n) is 8.67. The summed E-state index contributed by atoms with van der Waals surface area (Å²) < 4.78 is 27.8. The van der Waals surface area contributed by atoms with Gasteiger partial charge >= 0.3 is 0 Å². The third-order valence-electron chi connectivity index (χ3n) is 6.37. The first-order valence-electron chi connectivity index (χ1n) is 10.8. The minimum Gasteiger partial charge on any atom is -0.312 e. The van der Waals surface area contributed by atoms with E-state index in [1.165, 1.54) is 11.1 Å². The predicted octanol–water partition coefficient (Wildman–Crippen LogP) is 3.99. The van der Waals surface area contributed by atoms with Crippen LogP contribution in [0.2, 0.25) is 0 Å². The molecule has 0 atom stereocenters. The first-order chi connectivity index (χ1) is 14.3. The first-order valence-corrected chi connectivity index (χ1v) is 12.2. The largest absolute Gasteiger partial charge is 0.312 e. The normalized spacial score (nSPS) is 18.3.